The van der Waals surface area contributed by atoms with Gasteiger partial charge in [0.25, 0.3) is 0 Å². The molecule has 1 aromatic carbocycles. The molecular formula is C27H42N8O6. The van der Waals surface area contributed by atoms with Gasteiger partial charge < -0.3 is 49.0 Å². The maximum absolute atomic E-state index is 13.6. The van der Waals surface area contributed by atoms with Crippen LogP contribution in [0.5, 0.6) is 0 Å². The van der Waals surface area contributed by atoms with Crippen LogP contribution in [0.1, 0.15) is 50.5 Å². The van der Waals surface area contributed by atoms with Crippen LogP contribution in [-0.4, -0.2) is 76.9 Å². The van der Waals surface area contributed by atoms with E-state index >= 15 is 0 Å². The van der Waals surface area contributed by atoms with Crippen LogP contribution >= 0.6 is 0 Å². The van der Waals surface area contributed by atoms with E-state index < -0.39 is 60.2 Å². The van der Waals surface area contributed by atoms with Gasteiger partial charge in [0.15, 0.2) is 0 Å². The maximum atomic E-state index is 13.6. The summed E-state index contributed by atoms with van der Waals surface area (Å²) in [5.74, 6) is -4.09. The third-order valence-corrected chi connectivity index (χ3v) is 6.63. The molecule has 0 saturated carbocycles. The molecule has 4 amide bonds. The van der Waals surface area contributed by atoms with Crippen molar-refractivity contribution in [3.05, 3.63) is 36.0 Å². The Morgan fingerprint density at radius 1 is 0.805 bits per heavy atom. The number of hydrogen-bond acceptors (Lipinski definition) is 8. The number of H-pyrrole nitrogens is 1. The van der Waals surface area contributed by atoms with Gasteiger partial charge in [-0.3, -0.25) is 19.2 Å². The molecule has 0 radical (unpaired) electrons. The van der Waals surface area contributed by atoms with Crippen molar-refractivity contribution in [3.8, 4) is 0 Å². The minimum absolute atomic E-state index is 0.0405. The lowest BCUT2D eigenvalue weighted by molar-refractivity contribution is -0.142. The summed E-state index contributed by atoms with van der Waals surface area (Å²) in [6, 6.07) is 2.70. The number of unbranched alkanes of at least 4 members (excludes halogenated alkanes) is 2. The molecule has 0 fully saturated rings. The molecule has 4 atom stereocenters. The lowest BCUT2D eigenvalue weighted by Gasteiger charge is -2.25. The smallest absolute Gasteiger partial charge is 0.326 e. The quantitative estimate of drug-likeness (QED) is 0.0902. The van der Waals surface area contributed by atoms with E-state index in [1.165, 1.54) is 0 Å². The van der Waals surface area contributed by atoms with Crippen molar-refractivity contribution in [1.82, 2.24) is 20.9 Å². The first kappa shape index (κ1) is 33.2. The number of nitrogens with two attached hydrogens (primary N) is 4. The molecule has 0 aliphatic carbocycles. The molecule has 14 nitrogen and oxygen atoms in total. The van der Waals surface area contributed by atoms with Gasteiger partial charge in [-0.15, -0.1) is 0 Å². The van der Waals surface area contributed by atoms with Crippen molar-refractivity contribution in [2.75, 3.05) is 13.1 Å². The summed E-state index contributed by atoms with van der Waals surface area (Å²) in [5, 5.41) is 18.2. The molecule has 0 saturated heterocycles. The zero-order valence-corrected chi connectivity index (χ0v) is 23.1. The van der Waals surface area contributed by atoms with E-state index in [2.05, 4.69) is 20.9 Å². The number of aromatic nitrogens is 1. The summed E-state index contributed by atoms with van der Waals surface area (Å²) in [6.07, 6.45) is 3.88. The summed E-state index contributed by atoms with van der Waals surface area (Å²) < 4.78 is 0. The van der Waals surface area contributed by atoms with Crippen molar-refractivity contribution in [3.63, 3.8) is 0 Å². The van der Waals surface area contributed by atoms with E-state index in [-0.39, 0.29) is 19.3 Å². The number of primary amides is 1. The number of fused-ring (bicyclic) bond motifs is 1. The highest BCUT2D eigenvalue weighted by molar-refractivity contribution is 5.95. The number of para-hydroxylation sites is 1. The predicted molar refractivity (Wildman–Crippen MR) is 153 cm³/mol. The zero-order chi connectivity index (χ0) is 30.4. The number of carboxylic acids is 1. The Bertz CT molecular complexity index is 1190. The fourth-order valence-corrected chi connectivity index (χ4v) is 4.37. The number of hydrogen-bond donors (Lipinski definition) is 9. The second-order valence-corrected chi connectivity index (χ2v) is 9.93. The van der Waals surface area contributed by atoms with Gasteiger partial charge in [0, 0.05) is 23.5 Å². The molecule has 4 unspecified atom stereocenters. The van der Waals surface area contributed by atoms with Crippen LogP contribution in [0.2, 0.25) is 0 Å². The summed E-state index contributed by atoms with van der Waals surface area (Å²) in [5.41, 5.74) is 23.6. The highest BCUT2D eigenvalue weighted by Gasteiger charge is 2.31. The van der Waals surface area contributed by atoms with Gasteiger partial charge in [-0.1, -0.05) is 18.2 Å². The summed E-state index contributed by atoms with van der Waals surface area (Å²) >= 11 is 0. The van der Waals surface area contributed by atoms with Crippen molar-refractivity contribution < 1.29 is 29.1 Å². The van der Waals surface area contributed by atoms with E-state index in [0.29, 0.717) is 38.8 Å². The summed E-state index contributed by atoms with van der Waals surface area (Å²) in [7, 11) is 0. The van der Waals surface area contributed by atoms with Crippen LogP contribution in [0, 0.1) is 0 Å². The Morgan fingerprint density at radius 2 is 1.37 bits per heavy atom. The normalized spacial score (nSPS) is 14.0. The third-order valence-electron chi connectivity index (χ3n) is 6.63. The van der Waals surface area contributed by atoms with Gasteiger partial charge in [0.1, 0.15) is 18.1 Å². The molecule has 41 heavy (non-hydrogen) atoms. The highest BCUT2D eigenvalue weighted by Crippen LogP contribution is 2.19. The molecule has 2 aromatic rings. The predicted octanol–water partition coefficient (Wildman–Crippen LogP) is -1.29. The summed E-state index contributed by atoms with van der Waals surface area (Å²) in [6.45, 7) is 0.765. The van der Waals surface area contributed by atoms with E-state index in [9.17, 15) is 29.1 Å². The van der Waals surface area contributed by atoms with Crippen molar-refractivity contribution >= 4 is 40.5 Å². The van der Waals surface area contributed by atoms with Crippen molar-refractivity contribution in [2.24, 2.45) is 22.9 Å². The number of carbonyl (C=O) groups excluding carboxylic acids is 4. The Kier molecular flexibility index (Phi) is 13.7. The number of carboxylic acid groups (broad SMARTS) is 1. The second kappa shape index (κ2) is 16.9. The first-order valence-corrected chi connectivity index (χ1v) is 13.7. The van der Waals surface area contributed by atoms with Gasteiger partial charge in [-0.2, -0.15) is 0 Å². The number of amides is 4. The maximum Gasteiger partial charge on any atom is 0.326 e. The number of benzene rings is 1. The van der Waals surface area contributed by atoms with Gasteiger partial charge in [-0.05, 0) is 63.2 Å². The average molecular weight is 575 g/mol. The fourth-order valence-electron chi connectivity index (χ4n) is 4.37. The van der Waals surface area contributed by atoms with Crippen LogP contribution < -0.4 is 38.9 Å². The van der Waals surface area contributed by atoms with E-state index in [0.717, 1.165) is 16.5 Å². The molecule has 14 heteroatoms. The van der Waals surface area contributed by atoms with Gasteiger partial charge >= 0.3 is 5.97 Å². The molecule has 0 spiro atoms. The second-order valence-electron chi connectivity index (χ2n) is 9.93. The molecule has 2 rings (SSSR count). The Balaban J connectivity index is 2.28. The number of rotatable bonds is 19. The number of carbonyl (C=O) groups is 5. The molecule has 1 heterocycles. The average Bonchev–Trinajstić information content (AvgIpc) is 3.33. The van der Waals surface area contributed by atoms with Gasteiger partial charge in [-0.25, -0.2) is 4.79 Å². The minimum atomic E-state index is -1.28. The lowest BCUT2D eigenvalue weighted by atomic mass is 10.0. The third kappa shape index (κ3) is 10.8. The zero-order valence-electron chi connectivity index (χ0n) is 23.1. The van der Waals surface area contributed by atoms with Gasteiger partial charge in [0.05, 0.1) is 12.5 Å². The molecule has 1 aromatic heterocycles. The van der Waals surface area contributed by atoms with Gasteiger partial charge in [0.2, 0.25) is 23.6 Å². The van der Waals surface area contributed by atoms with Crippen LogP contribution in [0.3, 0.4) is 0 Å². The van der Waals surface area contributed by atoms with Crippen molar-refractivity contribution in [1.29, 1.82) is 0 Å². The van der Waals surface area contributed by atoms with Crippen molar-refractivity contribution in [2.45, 2.75) is 75.5 Å². The first-order valence-electron chi connectivity index (χ1n) is 13.7. The Labute approximate surface area is 238 Å². The lowest BCUT2D eigenvalue weighted by Crippen LogP contribution is -2.57. The van der Waals surface area contributed by atoms with E-state index in [1.807, 2.05) is 24.3 Å². The first-order chi connectivity index (χ1) is 19.6. The monoisotopic (exact) mass is 574 g/mol. The Morgan fingerprint density at radius 3 is 1.98 bits per heavy atom. The fraction of sp³-hybridized carbons (Fsp3) is 0.519. The molecular weight excluding hydrogens is 532 g/mol. The topological polar surface area (TPSA) is 262 Å². The SMILES string of the molecule is NCCCCC(NC(=O)C(CCCCN)NC(=O)C(Cc1c[nH]c2ccccc12)NC(=O)C(N)CC(N)=O)C(=O)O. The summed E-state index contributed by atoms with van der Waals surface area (Å²) in [4.78, 5) is 65.6. The van der Waals surface area contributed by atoms with Crippen LogP contribution in [0.15, 0.2) is 30.5 Å². The van der Waals surface area contributed by atoms with Crippen LogP contribution in [-0.2, 0) is 30.4 Å². The molecule has 0 aliphatic rings. The Hall–Kier alpha value is -4.01. The molecule has 226 valence electrons. The standard InChI is InChI=1S/C27H42N8O6/c28-11-5-3-9-20(25(38)34-21(27(40)41)10-4-6-12-29)33-26(39)22(35-24(37)18(30)14-23(31)36)13-16-15-32-19-8-2-1-7-17(16)19/h1-2,7-8,15,18,20-22,32H,3-6,9-14,28-30H2,(H2,31,36)(H,33,39)(H,34,38)(H,35,37)(H,40,41). The molecule has 0 aliphatic heterocycles. The van der Waals surface area contributed by atoms with Crippen LogP contribution in [0.4, 0.5) is 0 Å². The number of nitrogens with one attached hydrogen (secondary N) is 4. The largest absolute Gasteiger partial charge is 0.480 e. The molecule has 13 N–H and O–H groups in total. The van der Waals surface area contributed by atoms with Crippen LogP contribution in [0.25, 0.3) is 10.9 Å². The van der Waals surface area contributed by atoms with E-state index in [4.69, 9.17) is 22.9 Å². The highest BCUT2D eigenvalue weighted by atomic mass is 16.4. The number of aliphatic carboxylic acids is 1. The number of aromatic amines is 1. The molecule has 0 bridgehead atoms. The minimum Gasteiger partial charge on any atom is -0.480 e. The van der Waals surface area contributed by atoms with E-state index in [1.54, 1.807) is 6.20 Å².